The molecule has 158 valence electrons. The molecule has 2 heterocycles. The molecule has 0 aliphatic carbocycles. The lowest BCUT2D eigenvalue weighted by atomic mass is 9.80. The van der Waals surface area contributed by atoms with Crippen LogP contribution < -0.4 is 4.90 Å². The number of likely N-dealkylation sites (tertiary alicyclic amines) is 1. The Morgan fingerprint density at radius 2 is 1.77 bits per heavy atom. The minimum Gasteiger partial charge on any atom is -0.478 e. The van der Waals surface area contributed by atoms with Crippen LogP contribution in [0.2, 0.25) is 0 Å². The Bertz CT molecular complexity index is 908. The van der Waals surface area contributed by atoms with E-state index in [2.05, 4.69) is 11.8 Å². The number of aromatic carboxylic acids is 1. The summed E-state index contributed by atoms with van der Waals surface area (Å²) in [5, 5.41) is 9.41. The minimum absolute atomic E-state index is 0.00129. The van der Waals surface area contributed by atoms with Gasteiger partial charge in [0.2, 0.25) is 0 Å². The van der Waals surface area contributed by atoms with E-state index in [1.54, 1.807) is 12.1 Å². The van der Waals surface area contributed by atoms with Crippen LogP contribution in [0.15, 0.2) is 54.6 Å². The van der Waals surface area contributed by atoms with Crippen LogP contribution >= 0.6 is 0 Å². The van der Waals surface area contributed by atoms with E-state index in [0.29, 0.717) is 24.6 Å². The number of ether oxygens (including phenoxy) is 1. The molecule has 2 fully saturated rings. The van der Waals surface area contributed by atoms with Gasteiger partial charge in [-0.1, -0.05) is 36.4 Å². The summed E-state index contributed by atoms with van der Waals surface area (Å²) in [6.45, 7) is 5.20. The van der Waals surface area contributed by atoms with Crippen molar-refractivity contribution in [3.05, 3.63) is 65.7 Å². The van der Waals surface area contributed by atoms with E-state index in [1.165, 1.54) is 0 Å². The maximum absolute atomic E-state index is 12.5. The van der Waals surface area contributed by atoms with Crippen molar-refractivity contribution >= 4 is 17.6 Å². The van der Waals surface area contributed by atoms with Crippen molar-refractivity contribution < 1.29 is 19.4 Å². The molecule has 0 spiro atoms. The summed E-state index contributed by atoms with van der Waals surface area (Å²) in [6, 6.07) is 17.0. The van der Waals surface area contributed by atoms with Crippen molar-refractivity contribution in [3.8, 4) is 0 Å². The van der Waals surface area contributed by atoms with Crippen LogP contribution in [0.5, 0.6) is 0 Å². The monoisotopic (exact) mass is 408 g/mol. The lowest BCUT2D eigenvalue weighted by molar-refractivity contribution is -0.146. The number of carbonyl (C=O) groups is 2. The van der Waals surface area contributed by atoms with Crippen LogP contribution in [-0.4, -0.2) is 53.7 Å². The topological polar surface area (TPSA) is 70.1 Å². The van der Waals surface area contributed by atoms with E-state index in [9.17, 15) is 14.7 Å². The van der Waals surface area contributed by atoms with Crippen molar-refractivity contribution in [2.75, 3.05) is 31.1 Å². The predicted molar refractivity (Wildman–Crippen MR) is 115 cm³/mol. The molecule has 1 amide bonds. The van der Waals surface area contributed by atoms with Gasteiger partial charge in [-0.15, -0.1) is 0 Å². The van der Waals surface area contributed by atoms with E-state index < -0.39 is 5.97 Å². The Hall–Kier alpha value is -2.70. The third kappa shape index (κ3) is 4.25. The summed E-state index contributed by atoms with van der Waals surface area (Å²) in [5.41, 5.74) is 1.76. The smallest absolute Gasteiger partial charge is 0.336 e. The van der Waals surface area contributed by atoms with Gasteiger partial charge < -0.3 is 14.7 Å². The van der Waals surface area contributed by atoms with Gasteiger partial charge in [0.15, 0.2) is 0 Å². The molecule has 0 aromatic heterocycles. The lowest BCUT2D eigenvalue weighted by Gasteiger charge is -2.47. The fourth-order valence-corrected chi connectivity index (χ4v) is 4.65. The lowest BCUT2D eigenvalue weighted by Crippen LogP contribution is -2.58. The Balaban J connectivity index is 1.40. The van der Waals surface area contributed by atoms with Gasteiger partial charge in [-0.25, -0.2) is 4.79 Å². The number of anilines is 1. The third-order valence-corrected chi connectivity index (χ3v) is 6.46. The molecule has 2 aromatic rings. The van der Waals surface area contributed by atoms with Gasteiger partial charge in [-0.2, -0.15) is 0 Å². The molecule has 6 nitrogen and oxygen atoms in total. The standard InChI is InChI=1S/C24H28N2O4/c1-24(17-26(22(27)16-30-24)20-8-3-2-4-9-20)19-11-13-25(14-12-19)15-18-7-5-6-10-21(18)23(28)29/h2-10,19H,11-17H2,1H3,(H,28,29). The molecule has 30 heavy (non-hydrogen) atoms. The minimum atomic E-state index is -0.880. The summed E-state index contributed by atoms with van der Waals surface area (Å²) in [5.74, 6) is -0.529. The maximum Gasteiger partial charge on any atom is 0.336 e. The summed E-state index contributed by atoms with van der Waals surface area (Å²) in [4.78, 5) is 28.1. The van der Waals surface area contributed by atoms with Gasteiger partial charge in [0.05, 0.1) is 17.7 Å². The Morgan fingerprint density at radius 3 is 2.47 bits per heavy atom. The second-order valence-corrected chi connectivity index (χ2v) is 8.43. The highest BCUT2D eigenvalue weighted by atomic mass is 16.5. The first-order chi connectivity index (χ1) is 14.5. The number of carboxylic acids is 1. The number of carbonyl (C=O) groups excluding carboxylic acids is 1. The summed E-state index contributed by atoms with van der Waals surface area (Å²) < 4.78 is 6.09. The predicted octanol–water partition coefficient (Wildman–Crippen LogP) is 3.42. The first-order valence-corrected chi connectivity index (χ1v) is 10.5. The van der Waals surface area contributed by atoms with E-state index in [1.807, 2.05) is 47.4 Å². The normalized spacial score (nSPS) is 23.5. The highest BCUT2D eigenvalue weighted by Gasteiger charge is 2.43. The Morgan fingerprint density at radius 1 is 1.10 bits per heavy atom. The van der Waals surface area contributed by atoms with Crippen LogP contribution in [-0.2, 0) is 16.1 Å². The molecule has 1 N–H and O–H groups in total. The zero-order valence-corrected chi connectivity index (χ0v) is 17.3. The van der Waals surface area contributed by atoms with Crippen molar-refractivity contribution in [2.24, 2.45) is 5.92 Å². The van der Waals surface area contributed by atoms with Gasteiger partial charge >= 0.3 is 5.97 Å². The maximum atomic E-state index is 12.5. The number of carboxylic acid groups (broad SMARTS) is 1. The highest BCUT2D eigenvalue weighted by Crippen LogP contribution is 2.36. The zero-order valence-electron chi connectivity index (χ0n) is 17.3. The fraction of sp³-hybridized carbons (Fsp3) is 0.417. The number of nitrogens with zero attached hydrogens (tertiary/aromatic N) is 2. The number of piperidine rings is 1. The van der Waals surface area contributed by atoms with E-state index >= 15 is 0 Å². The van der Waals surface area contributed by atoms with Crippen LogP contribution in [0.3, 0.4) is 0 Å². The molecule has 2 saturated heterocycles. The average molecular weight is 408 g/mol. The van der Waals surface area contributed by atoms with E-state index in [4.69, 9.17) is 4.74 Å². The van der Waals surface area contributed by atoms with Crippen molar-refractivity contribution in [3.63, 3.8) is 0 Å². The molecule has 0 radical (unpaired) electrons. The molecule has 0 bridgehead atoms. The molecule has 2 aliphatic heterocycles. The molecule has 1 unspecified atom stereocenters. The summed E-state index contributed by atoms with van der Waals surface area (Å²) >= 11 is 0. The number of benzene rings is 2. The quantitative estimate of drug-likeness (QED) is 0.821. The first-order valence-electron chi connectivity index (χ1n) is 10.5. The van der Waals surface area contributed by atoms with Crippen LogP contribution in [0.1, 0.15) is 35.7 Å². The number of rotatable bonds is 5. The van der Waals surface area contributed by atoms with E-state index in [0.717, 1.165) is 37.2 Å². The van der Waals surface area contributed by atoms with Crippen molar-refractivity contribution in [1.82, 2.24) is 4.90 Å². The first kappa shape index (κ1) is 20.6. The second-order valence-electron chi connectivity index (χ2n) is 8.43. The van der Waals surface area contributed by atoms with Crippen LogP contribution in [0.4, 0.5) is 5.69 Å². The Kier molecular flexibility index (Phi) is 5.88. The number of hydrogen-bond donors (Lipinski definition) is 1. The fourth-order valence-electron chi connectivity index (χ4n) is 4.65. The Labute approximate surface area is 177 Å². The zero-order chi connectivity index (χ0) is 21.1. The molecule has 2 aliphatic rings. The number of hydrogen-bond acceptors (Lipinski definition) is 4. The van der Waals surface area contributed by atoms with Gasteiger partial charge in [-0.3, -0.25) is 9.69 Å². The van der Waals surface area contributed by atoms with Crippen LogP contribution in [0, 0.1) is 5.92 Å². The number of morpholine rings is 1. The molecular weight excluding hydrogens is 380 g/mol. The second kappa shape index (κ2) is 8.58. The van der Waals surface area contributed by atoms with Crippen molar-refractivity contribution in [2.45, 2.75) is 31.9 Å². The van der Waals surface area contributed by atoms with Crippen molar-refractivity contribution in [1.29, 1.82) is 0 Å². The molecule has 2 aromatic carbocycles. The summed E-state index contributed by atoms with van der Waals surface area (Å²) in [7, 11) is 0. The molecule has 6 heteroatoms. The van der Waals surface area contributed by atoms with Gasteiger partial charge in [0.1, 0.15) is 6.61 Å². The summed E-state index contributed by atoms with van der Waals surface area (Å²) in [6.07, 6.45) is 1.92. The average Bonchev–Trinajstić information content (AvgIpc) is 2.77. The van der Waals surface area contributed by atoms with Gasteiger partial charge in [0.25, 0.3) is 5.91 Å². The molecule has 4 rings (SSSR count). The third-order valence-electron chi connectivity index (χ3n) is 6.46. The number of para-hydroxylation sites is 1. The van der Waals surface area contributed by atoms with Crippen LogP contribution in [0.25, 0.3) is 0 Å². The number of amides is 1. The molecular formula is C24H28N2O4. The van der Waals surface area contributed by atoms with E-state index in [-0.39, 0.29) is 18.1 Å². The SMILES string of the molecule is CC1(C2CCN(Cc3ccccc3C(=O)O)CC2)CN(c2ccccc2)C(=O)CO1. The van der Waals surface area contributed by atoms with Gasteiger partial charge in [-0.05, 0) is 62.5 Å². The largest absolute Gasteiger partial charge is 0.478 e. The molecule has 1 atom stereocenters. The molecule has 0 saturated carbocycles. The van der Waals surface area contributed by atoms with Gasteiger partial charge in [0, 0.05) is 12.2 Å². The highest BCUT2D eigenvalue weighted by molar-refractivity contribution is 5.95.